The lowest BCUT2D eigenvalue weighted by atomic mass is 10.1. The highest BCUT2D eigenvalue weighted by atomic mass is 32.2. The van der Waals surface area contributed by atoms with Crippen molar-refractivity contribution in [2.24, 2.45) is 0 Å². The van der Waals surface area contributed by atoms with E-state index in [0.29, 0.717) is 0 Å². The first kappa shape index (κ1) is 7.83. The zero-order chi connectivity index (χ0) is 8.84. The lowest BCUT2D eigenvalue weighted by Gasteiger charge is -1.96. The van der Waals surface area contributed by atoms with Crippen molar-refractivity contribution in [3.63, 3.8) is 0 Å². The fourth-order valence-corrected chi connectivity index (χ4v) is 3.14. The quantitative estimate of drug-likeness (QED) is 0.655. The van der Waals surface area contributed by atoms with E-state index in [9.17, 15) is 0 Å². The largest absolute Gasteiger partial charge is 0.230 e. The van der Waals surface area contributed by atoms with Crippen LogP contribution in [0.5, 0.6) is 0 Å². The van der Waals surface area contributed by atoms with Crippen molar-refractivity contribution in [1.82, 2.24) is 4.98 Å². The minimum Gasteiger partial charge on any atom is -0.230 e. The van der Waals surface area contributed by atoms with Gasteiger partial charge in [-0.05, 0) is 42.5 Å². The summed E-state index contributed by atoms with van der Waals surface area (Å²) in [5.74, 6) is 0. The Bertz CT molecular complexity index is 432. The van der Waals surface area contributed by atoms with Gasteiger partial charge in [0.15, 0.2) is 0 Å². The Balaban J connectivity index is 2.35. The van der Waals surface area contributed by atoms with Crippen molar-refractivity contribution in [2.45, 2.75) is 23.6 Å². The summed E-state index contributed by atoms with van der Waals surface area (Å²) >= 11 is 5.94. The van der Waals surface area contributed by atoms with Crippen LogP contribution in [0.1, 0.15) is 17.5 Å². The lowest BCUT2D eigenvalue weighted by Crippen LogP contribution is -1.80. The third-order valence-corrected chi connectivity index (χ3v) is 3.79. The molecule has 0 N–H and O–H groups in total. The van der Waals surface area contributed by atoms with E-state index >= 15 is 0 Å². The predicted molar refractivity (Wildman–Crippen MR) is 58.9 cm³/mol. The second-order valence-electron chi connectivity index (χ2n) is 3.44. The fourth-order valence-electron chi connectivity index (χ4n) is 1.98. The van der Waals surface area contributed by atoms with E-state index in [0.717, 1.165) is 9.86 Å². The van der Waals surface area contributed by atoms with Crippen molar-refractivity contribution in [1.29, 1.82) is 0 Å². The van der Waals surface area contributed by atoms with Gasteiger partial charge in [0.1, 0.15) is 4.34 Å². The number of aryl methyl sites for hydroxylation is 2. The normalized spacial score (nSPS) is 15.2. The smallest absolute Gasteiger partial charge is 0.148 e. The monoisotopic (exact) mass is 207 g/mol. The Labute approximate surface area is 86.2 Å². The molecule has 0 atom stereocenters. The standard InChI is InChI=1S/C10H9NS2/c12-10-11-8-4-6-2-1-3-7(6)5-9(8)13-10/h4-5H,1-3H2,(H,11,12). The summed E-state index contributed by atoms with van der Waals surface area (Å²) in [7, 11) is 0. The van der Waals surface area contributed by atoms with Gasteiger partial charge in [-0.15, -0.1) is 24.0 Å². The van der Waals surface area contributed by atoms with Gasteiger partial charge < -0.3 is 0 Å². The Morgan fingerprint density at radius 1 is 1.23 bits per heavy atom. The van der Waals surface area contributed by atoms with Gasteiger partial charge in [0.2, 0.25) is 0 Å². The Kier molecular flexibility index (Phi) is 1.64. The molecule has 0 amide bonds. The molecule has 1 nitrogen and oxygen atoms in total. The number of thiol groups is 1. The molecular weight excluding hydrogens is 198 g/mol. The second kappa shape index (κ2) is 2.72. The maximum absolute atomic E-state index is 4.37. The maximum Gasteiger partial charge on any atom is 0.148 e. The van der Waals surface area contributed by atoms with E-state index < -0.39 is 0 Å². The van der Waals surface area contributed by atoms with E-state index in [2.05, 4.69) is 29.7 Å². The molecule has 1 heterocycles. The number of hydrogen-bond acceptors (Lipinski definition) is 3. The highest BCUT2D eigenvalue weighted by molar-refractivity contribution is 7.82. The van der Waals surface area contributed by atoms with Crippen molar-refractivity contribution in [3.8, 4) is 0 Å². The van der Waals surface area contributed by atoms with E-state index in [1.807, 2.05) is 0 Å². The van der Waals surface area contributed by atoms with Gasteiger partial charge in [-0.3, -0.25) is 0 Å². The molecule has 1 aliphatic carbocycles. The van der Waals surface area contributed by atoms with Gasteiger partial charge >= 0.3 is 0 Å². The van der Waals surface area contributed by atoms with Crippen LogP contribution < -0.4 is 0 Å². The molecule has 0 bridgehead atoms. The summed E-state index contributed by atoms with van der Waals surface area (Å²) in [4.78, 5) is 4.37. The molecule has 0 spiro atoms. The first-order valence-electron chi connectivity index (χ1n) is 4.44. The molecule has 0 fully saturated rings. The zero-order valence-corrected chi connectivity index (χ0v) is 8.79. The molecule has 3 heteroatoms. The molecule has 66 valence electrons. The summed E-state index contributed by atoms with van der Waals surface area (Å²) in [6.45, 7) is 0. The maximum atomic E-state index is 4.37. The van der Waals surface area contributed by atoms with Gasteiger partial charge in [0, 0.05) is 0 Å². The summed E-state index contributed by atoms with van der Waals surface area (Å²) in [6.07, 6.45) is 3.77. The molecule has 1 aliphatic rings. The Morgan fingerprint density at radius 2 is 2.00 bits per heavy atom. The second-order valence-corrected chi connectivity index (χ2v) is 5.20. The van der Waals surface area contributed by atoms with E-state index in [1.54, 1.807) is 11.3 Å². The fraction of sp³-hybridized carbons (Fsp3) is 0.300. The topological polar surface area (TPSA) is 12.9 Å². The number of nitrogens with zero attached hydrogens (tertiary/aromatic N) is 1. The highest BCUT2D eigenvalue weighted by Crippen LogP contribution is 2.31. The van der Waals surface area contributed by atoms with Crippen LogP contribution in [0.2, 0.25) is 0 Å². The number of aromatic nitrogens is 1. The van der Waals surface area contributed by atoms with Crippen molar-refractivity contribution >= 4 is 34.2 Å². The van der Waals surface area contributed by atoms with Crippen LogP contribution in [0, 0.1) is 0 Å². The van der Waals surface area contributed by atoms with Crippen LogP contribution in [0.3, 0.4) is 0 Å². The predicted octanol–water partition coefficient (Wildman–Crippen LogP) is 3.07. The average molecular weight is 207 g/mol. The third kappa shape index (κ3) is 1.18. The first-order chi connectivity index (χ1) is 6.33. The van der Waals surface area contributed by atoms with Crippen molar-refractivity contribution in [2.75, 3.05) is 0 Å². The van der Waals surface area contributed by atoms with Gasteiger partial charge in [-0.1, -0.05) is 0 Å². The Morgan fingerprint density at radius 3 is 2.85 bits per heavy atom. The number of benzene rings is 1. The number of hydrogen-bond donors (Lipinski definition) is 1. The molecule has 0 aliphatic heterocycles. The van der Waals surface area contributed by atoms with Crippen LogP contribution in [0.4, 0.5) is 0 Å². The molecule has 0 unspecified atom stereocenters. The lowest BCUT2D eigenvalue weighted by molar-refractivity contribution is 0.912. The number of rotatable bonds is 0. The third-order valence-electron chi connectivity index (χ3n) is 2.59. The van der Waals surface area contributed by atoms with Crippen molar-refractivity contribution < 1.29 is 0 Å². The molecular formula is C10H9NS2. The van der Waals surface area contributed by atoms with Crippen LogP contribution in [-0.2, 0) is 12.8 Å². The van der Waals surface area contributed by atoms with Gasteiger partial charge in [-0.2, -0.15) is 0 Å². The van der Waals surface area contributed by atoms with Crippen molar-refractivity contribution in [3.05, 3.63) is 23.3 Å². The average Bonchev–Trinajstić information content (AvgIpc) is 2.63. The number of fused-ring (bicyclic) bond motifs is 2. The molecule has 1 aromatic heterocycles. The van der Waals surface area contributed by atoms with Crippen LogP contribution in [0.15, 0.2) is 16.5 Å². The summed E-state index contributed by atoms with van der Waals surface area (Å²) in [5, 5.41) is 0. The molecule has 0 radical (unpaired) electrons. The highest BCUT2D eigenvalue weighted by Gasteiger charge is 2.13. The minimum atomic E-state index is 0.874. The SMILES string of the molecule is Sc1nc2cc3c(cc2s1)CCC3. The van der Waals surface area contributed by atoms with Gasteiger partial charge in [0.25, 0.3) is 0 Å². The molecule has 3 rings (SSSR count). The van der Waals surface area contributed by atoms with Crippen LogP contribution in [0.25, 0.3) is 10.2 Å². The molecule has 1 aromatic carbocycles. The molecule has 2 aromatic rings. The van der Waals surface area contributed by atoms with Crippen LogP contribution >= 0.6 is 24.0 Å². The molecule has 0 saturated heterocycles. The molecule has 0 saturated carbocycles. The van der Waals surface area contributed by atoms with Gasteiger partial charge in [0.05, 0.1) is 10.2 Å². The minimum absolute atomic E-state index is 0.874. The van der Waals surface area contributed by atoms with E-state index in [-0.39, 0.29) is 0 Å². The number of thiazole rings is 1. The summed E-state index contributed by atoms with van der Waals surface area (Å²) in [5.41, 5.74) is 4.13. The van der Waals surface area contributed by atoms with Gasteiger partial charge in [-0.25, -0.2) is 4.98 Å². The van der Waals surface area contributed by atoms with Crippen LogP contribution in [-0.4, -0.2) is 4.98 Å². The zero-order valence-electron chi connectivity index (χ0n) is 7.08. The Hall–Kier alpha value is -0.540. The first-order valence-corrected chi connectivity index (χ1v) is 5.70. The van der Waals surface area contributed by atoms with E-state index in [1.165, 1.54) is 35.1 Å². The van der Waals surface area contributed by atoms with E-state index in [4.69, 9.17) is 0 Å². The summed E-state index contributed by atoms with van der Waals surface area (Å²) < 4.78 is 2.16. The summed E-state index contributed by atoms with van der Waals surface area (Å²) in [6, 6.07) is 4.52. The molecule has 13 heavy (non-hydrogen) atoms.